The van der Waals surface area contributed by atoms with Gasteiger partial charge in [0, 0.05) is 12.8 Å². The van der Waals surface area contributed by atoms with Gasteiger partial charge < -0.3 is 4.84 Å². The van der Waals surface area contributed by atoms with E-state index in [0.717, 1.165) is 0 Å². The van der Waals surface area contributed by atoms with Crippen molar-refractivity contribution in [1.82, 2.24) is 5.06 Å². The number of halogens is 1. The zero-order valence-electron chi connectivity index (χ0n) is 7.94. The summed E-state index contributed by atoms with van der Waals surface area (Å²) in [6, 6.07) is 1.56. The lowest BCUT2D eigenvalue weighted by molar-refractivity contribution is -0.172. The second kappa shape index (κ2) is 4.34. The van der Waals surface area contributed by atoms with Crippen molar-refractivity contribution in [3.63, 3.8) is 0 Å². The molecule has 84 valence electrons. The molecule has 7 heteroatoms. The molecule has 1 fully saturated rings. The smallest absolute Gasteiger partial charge is 0.325 e. The number of imide groups is 1. The second-order valence-corrected chi connectivity index (χ2v) is 5.30. The number of nitrogens with zero attached hydrogens (tertiary/aromatic N) is 1. The van der Waals surface area contributed by atoms with E-state index in [0.29, 0.717) is 14.4 Å². The summed E-state index contributed by atoms with van der Waals surface area (Å²) in [5.41, 5.74) is 0.303. The van der Waals surface area contributed by atoms with E-state index in [-0.39, 0.29) is 12.8 Å². The summed E-state index contributed by atoms with van der Waals surface area (Å²) in [6.45, 7) is 0. The van der Waals surface area contributed by atoms with Crippen LogP contribution in [0, 0.1) is 0 Å². The summed E-state index contributed by atoms with van der Waals surface area (Å²) in [7, 11) is 0. The largest absolute Gasteiger partial charge is 0.365 e. The number of thiophene rings is 1. The molecule has 1 aliphatic heterocycles. The predicted octanol–water partition coefficient (Wildman–Crippen LogP) is 1.73. The zero-order valence-corrected chi connectivity index (χ0v) is 10.3. The van der Waals surface area contributed by atoms with Gasteiger partial charge in [-0.15, -0.1) is 16.4 Å². The summed E-state index contributed by atoms with van der Waals surface area (Å²) in [5.74, 6) is -1.67. The summed E-state index contributed by atoms with van der Waals surface area (Å²) >= 11 is 4.50. The number of hydrogen-bond donors (Lipinski definition) is 0. The maximum Gasteiger partial charge on any atom is 0.365 e. The molecule has 0 unspecified atom stereocenters. The van der Waals surface area contributed by atoms with Crippen LogP contribution < -0.4 is 0 Å². The number of carbonyl (C=O) groups is 3. The first kappa shape index (κ1) is 11.3. The molecule has 1 aromatic heterocycles. The van der Waals surface area contributed by atoms with Crippen molar-refractivity contribution in [2.45, 2.75) is 12.8 Å². The van der Waals surface area contributed by atoms with Crippen LogP contribution >= 0.6 is 27.3 Å². The normalized spacial score (nSPS) is 15.7. The topological polar surface area (TPSA) is 63.7 Å². The van der Waals surface area contributed by atoms with Crippen LogP contribution in [0.2, 0.25) is 0 Å². The van der Waals surface area contributed by atoms with Gasteiger partial charge in [-0.2, -0.15) is 0 Å². The Morgan fingerprint density at radius 2 is 2.00 bits per heavy atom. The molecule has 1 aromatic rings. The van der Waals surface area contributed by atoms with Gasteiger partial charge in [0.1, 0.15) is 0 Å². The minimum atomic E-state index is -0.711. The molecule has 0 bridgehead atoms. The highest BCUT2D eigenvalue weighted by Gasteiger charge is 2.33. The van der Waals surface area contributed by atoms with Gasteiger partial charge in [-0.05, 0) is 27.4 Å². The van der Waals surface area contributed by atoms with Crippen LogP contribution in [-0.2, 0) is 14.4 Å². The predicted molar refractivity (Wildman–Crippen MR) is 58.5 cm³/mol. The van der Waals surface area contributed by atoms with Gasteiger partial charge in [0.2, 0.25) is 0 Å². The van der Waals surface area contributed by atoms with E-state index < -0.39 is 17.8 Å². The highest BCUT2D eigenvalue weighted by molar-refractivity contribution is 9.11. The maximum atomic E-state index is 11.6. The van der Waals surface area contributed by atoms with E-state index in [1.54, 1.807) is 11.4 Å². The molecular weight excluding hydrogens is 298 g/mol. The van der Waals surface area contributed by atoms with E-state index in [9.17, 15) is 14.4 Å². The molecule has 1 saturated heterocycles. The molecular formula is C9H6BrNO4S. The van der Waals surface area contributed by atoms with Crippen molar-refractivity contribution in [1.29, 1.82) is 0 Å². The van der Waals surface area contributed by atoms with E-state index in [4.69, 9.17) is 4.84 Å². The molecule has 0 atom stereocenters. The first-order valence-corrected chi connectivity index (χ1v) is 6.08. The minimum Gasteiger partial charge on any atom is -0.325 e. The van der Waals surface area contributed by atoms with E-state index in [1.807, 2.05) is 0 Å². The molecule has 2 rings (SSSR count). The highest BCUT2D eigenvalue weighted by Crippen LogP contribution is 2.25. The van der Waals surface area contributed by atoms with Crippen molar-refractivity contribution in [3.05, 3.63) is 20.8 Å². The fourth-order valence-corrected chi connectivity index (χ4v) is 2.45. The molecule has 2 amide bonds. The lowest BCUT2D eigenvalue weighted by atomic mass is 10.4. The Kier molecular flexibility index (Phi) is 3.06. The molecule has 1 aliphatic rings. The molecule has 0 aromatic carbocycles. The molecule has 0 aliphatic carbocycles. The Morgan fingerprint density at radius 1 is 1.38 bits per heavy atom. The van der Waals surface area contributed by atoms with Gasteiger partial charge in [0.15, 0.2) is 0 Å². The van der Waals surface area contributed by atoms with Crippen molar-refractivity contribution < 1.29 is 19.2 Å². The van der Waals surface area contributed by atoms with Gasteiger partial charge in [0.25, 0.3) is 11.8 Å². The fraction of sp³-hybridized carbons (Fsp3) is 0.222. The minimum absolute atomic E-state index is 0.0942. The van der Waals surface area contributed by atoms with E-state index in [1.165, 1.54) is 11.3 Å². The lowest BCUT2D eigenvalue weighted by Gasteiger charge is -2.11. The summed E-state index contributed by atoms with van der Waals surface area (Å²) < 4.78 is 0.608. The number of carbonyl (C=O) groups excluding carboxylic acids is 3. The monoisotopic (exact) mass is 303 g/mol. The van der Waals surface area contributed by atoms with E-state index in [2.05, 4.69) is 15.9 Å². The number of hydroxylamine groups is 2. The molecule has 5 nitrogen and oxygen atoms in total. The third-order valence-corrected chi connectivity index (χ3v) is 3.70. The van der Waals surface area contributed by atoms with Crippen LogP contribution in [0.15, 0.2) is 15.2 Å². The van der Waals surface area contributed by atoms with Crippen LogP contribution in [0.25, 0.3) is 0 Å². The average Bonchev–Trinajstić information content (AvgIpc) is 2.79. The zero-order chi connectivity index (χ0) is 11.7. The van der Waals surface area contributed by atoms with Gasteiger partial charge in [-0.1, -0.05) is 0 Å². The fourth-order valence-electron chi connectivity index (χ4n) is 1.23. The van der Waals surface area contributed by atoms with Crippen LogP contribution in [0.5, 0.6) is 0 Å². The molecule has 16 heavy (non-hydrogen) atoms. The van der Waals surface area contributed by atoms with Crippen LogP contribution in [0.3, 0.4) is 0 Å². The van der Waals surface area contributed by atoms with Crippen LogP contribution in [-0.4, -0.2) is 22.8 Å². The van der Waals surface area contributed by atoms with Crippen LogP contribution in [0.1, 0.15) is 23.2 Å². The van der Waals surface area contributed by atoms with Crippen molar-refractivity contribution in [2.75, 3.05) is 0 Å². The Balaban J connectivity index is 2.11. The van der Waals surface area contributed by atoms with Crippen molar-refractivity contribution in [3.8, 4) is 0 Å². The van der Waals surface area contributed by atoms with Crippen molar-refractivity contribution >= 4 is 45.1 Å². The average molecular weight is 304 g/mol. The number of rotatable bonds is 2. The molecule has 0 N–H and O–H groups in total. The van der Waals surface area contributed by atoms with Crippen molar-refractivity contribution in [2.24, 2.45) is 0 Å². The number of hydrogen-bond acceptors (Lipinski definition) is 5. The third kappa shape index (κ3) is 2.00. The highest BCUT2D eigenvalue weighted by atomic mass is 79.9. The molecule has 0 saturated carbocycles. The first-order valence-electron chi connectivity index (χ1n) is 4.40. The SMILES string of the molecule is O=C(ON1C(=O)CCC1=O)c1ccsc1Br. The Labute approximate surface area is 103 Å². The van der Waals surface area contributed by atoms with Gasteiger partial charge in [-0.3, -0.25) is 9.59 Å². The lowest BCUT2D eigenvalue weighted by Crippen LogP contribution is -2.32. The standard InChI is InChI=1S/C9H6BrNO4S/c10-8-5(3-4-16-8)9(14)15-11-6(12)1-2-7(11)13/h3-4H,1-2H2. The van der Waals surface area contributed by atoms with Crippen LogP contribution in [0.4, 0.5) is 0 Å². The second-order valence-electron chi connectivity index (χ2n) is 3.07. The first-order chi connectivity index (χ1) is 7.59. The quantitative estimate of drug-likeness (QED) is 0.781. The van der Waals surface area contributed by atoms with Gasteiger partial charge in [0.05, 0.1) is 9.35 Å². The van der Waals surface area contributed by atoms with Gasteiger partial charge >= 0.3 is 5.97 Å². The molecule has 0 radical (unpaired) electrons. The molecule has 0 spiro atoms. The Morgan fingerprint density at radius 3 is 2.50 bits per heavy atom. The van der Waals surface area contributed by atoms with E-state index >= 15 is 0 Å². The Bertz CT molecular complexity index is 454. The summed E-state index contributed by atoms with van der Waals surface area (Å²) in [6.07, 6.45) is 0.188. The third-order valence-electron chi connectivity index (χ3n) is 2.02. The van der Waals surface area contributed by atoms with Gasteiger partial charge in [-0.25, -0.2) is 4.79 Å². The number of amides is 2. The summed E-state index contributed by atoms with van der Waals surface area (Å²) in [4.78, 5) is 38.7. The maximum absolute atomic E-state index is 11.6. The Hall–Kier alpha value is -1.21. The molecule has 2 heterocycles. The summed E-state index contributed by atoms with van der Waals surface area (Å²) in [5, 5.41) is 2.24.